The predicted molar refractivity (Wildman–Crippen MR) is 69.0 cm³/mol. The molecular weight excluding hydrogens is 282 g/mol. The second kappa shape index (κ2) is 5.77. The van der Waals surface area contributed by atoms with Crippen molar-refractivity contribution in [2.75, 3.05) is 13.2 Å². The van der Waals surface area contributed by atoms with Crippen LogP contribution in [0, 0.1) is 4.77 Å². The van der Waals surface area contributed by atoms with Gasteiger partial charge >= 0.3 is 0 Å². The Balaban J connectivity index is 2.14. The molecule has 7 heteroatoms. The van der Waals surface area contributed by atoms with Gasteiger partial charge in [-0.1, -0.05) is 11.6 Å². The quantitative estimate of drug-likeness (QED) is 0.674. The average Bonchev–Trinajstić information content (AvgIpc) is 2.60. The van der Waals surface area contributed by atoms with Gasteiger partial charge in [0.1, 0.15) is 6.61 Å². The van der Waals surface area contributed by atoms with E-state index in [0.717, 1.165) is 11.0 Å². The number of H-pyrrole nitrogens is 1. The number of nitrogens with one attached hydrogen (secondary N) is 1. The number of imidazole rings is 1. The molecule has 18 heavy (non-hydrogen) atoms. The Bertz CT molecular complexity index is 596. The summed E-state index contributed by atoms with van der Waals surface area (Å²) in [5, 5.41) is 0.596. The Labute approximate surface area is 112 Å². The number of hydrogen-bond donors (Lipinski definition) is 1. The van der Waals surface area contributed by atoms with Gasteiger partial charge in [0, 0.05) is 11.6 Å². The molecule has 0 aliphatic heterocycles. The van der Waals surface area contributed by atoms with Crippen LogP contribution < -0.4 is 0 Å². The Hall–Kier alpha value is -0.980. The zero-order chi connectivity index (χ0) is 13.1. The Morgan fingerprint density at radius 2 is 2.22 bits per heavy atom. The van der Waals surface area contributed by atoms with Crippen molar-refractivity contribution < 1.29 is 13.5 Å². The van der Waals surface area contributed by atoms with Gasteiger partial charge in [-0.2, -0.15) is 0 Å². The molecule has 0 amide bonds. The molecule has 1 aromatic heterocycles. The number of rotatable bonds is 5. The maximum absolute atomic E-state index is 11.9. The van der Waals surface area contributed by atoms with E-state index in [4.69, 9.17) is 28.6 Å². The smallest absolute Gasteiger partial charge is 0.261 e. The molecule has 1 heterocycles. The van der Waals surface area contributed by atoms with Gasteiger partial charge in [-0.25, -0.2) is 8.78 Å². The van der Waals surface area contributed by atoms with Crippen molar-refractivity contribution in [1.82, 2.24) is 9.55 Å². The largest absolute Gasteiger partial charge is 0.374 e. The van der Waals surface area contributed by atoms with Gasteiger partial charge in [0.15, 0.2) is 4.77 Å². The first-order chi connectivity index (χ1) is 8.58. The number of benzene rings is 1. The third kappa shape index (κ3) is 3.07. The van der Waals surface area contributed by atoms with Crippen LogP contribution in [0.25, 0.3) is 11.0 Å². The van der Waals surface area contributed by atoms with Crippen LogP contribution in [0.5, 0.6) is 0 Å². The summed E-state index contributed by atoms with van der Waals surface area (Å²) in [4.78, 5) is 3.02. The highest BCUT2D eigenvalue weighted by atomic mass is 35.5. The maximum atomic E-state index is 11.9. The fourth-order valence-electron chi connectivity index (χ4n) is 1.68. The van der Waals surface area contributed by atoms with E-state index < -0.39 is 13.0 Å². The van der Waals surface area contributed by atoms with Crippen LogP contribution in [0.1, 0.15) is 0 Å². The number of alkyl halides is 2. The molecule has 0 fully saturated rings. The first kappa shape index (κ1) is 13.5. The van der Waals surface area contributed by atoms with Crippen molar-refractivity contribution in [3.63, 3.8) is 0 Å². The summed E-state index contributed by atoms with van der Waals surface area (Å²) in [6, 6.07) is 5.35. The minimum absolute atomic E-state index is 0.179. The molecule has 0 saturated carbocycles. The molecule has 1 aromatic carbocycles. The minimum Gasteiger partial charge on any atom is -0.374 e. The van der Waals surface area contributed by atoms with E-state index >= 15 is 0 Å². The third-order valence-corrected chi connectivity index (χ3v) is 3.00. The fraction of sp³-hybridized carbons (Fsp3) is 0.364. The molecular formula is C11H11ClF2N2OS. The SMILES string of the molecule is FC(F)COCCn1c(=S)[nH]c2ccc(Cl)cc21. The summed E-state index contributed by atoms with van der Waals surface area (Å²) in [6.45, 7) is 0.0282. The number of halogens is 3. The van der Waals surface area contributed by atoms with Crippen LogP contribution in [0.2, 0.25) is 5.02 Å². The predicted octanol–water partition coefficient (Wildman–Crippen LogP) is 3.63. The number of aromatic amines is 1. The molecule has 0 spiro atoms. The number of hydrogen-bond acceptors (Lipinski definition) is 2. The van der Waals surface area contributed by atoms with Crippen LogP contribution in [0.4, 0.5) is 8.78 Å². The van der Waals surface area contributed by atoms with Gasteiger partial charge in [0.2, 0.25) is 0 Å². The molecule has 0 aliphatic carbocycles. The van der Waals surface area contributed by atoms with E-state index in [0.29, 0.717) is 16.3 Å². The summed E-state index contributed by atoms with van der Waals surface area (Å²) in [5.74, 6) is 0. The Kier molecular flexibility index (Phi) is 4.31. The molecule has 1 N–H and O–H groups in total. The van der Waals surface area contributed by atoms with Crippen LogP contribution in [-0.4, -0.2) is 29.2 Å². The average molecular weight is 293 g/mol. The molecule has 0 atom stereocenters. The molecule has 0 bridgehead atoms. The van der Waals surface area contributed by atoms with E-state index in [1.807, 2.05) is 6.07 Å². The van der Waals surface area contributed by atoms with Crippen molar-refractivity contribution in [3.8, 4) is 0 Å². The highest BCUT2D eigenvalue weighted by molar-refractivity contribution is 7.71. The molecule has 0 unspecified atom stereocenters. The maximum Gasteiger partial charge on any atom is 0.261 e. The lowest BCUT2D eigenvalue weighted by atomic mass is 10.3. The van der Waals surface area contributed by atoms with Gasteiger partial charge in [-0.15, -0.1) is 0 Å². The number of ether oxygens (including phenoxy) is 1. The van der Waals surface area contributed by atoms with Crippen molar-refractivity contribution >= 4 is 34.9 Å². The Morgan fingerprint density at radius 1 is 1.44 bits per heavy atom. The normalized spacial score (nSPS) is 11.6. The lowest BCUT2D eigenvalue weighted by Gasteiger charge is -2.06. The van der Waals surface area contributed by atoms with E-state index in [2.05, 4.69) is 4.98 Å². The van der Waals surface area contributed by atoms with Crippen molar-refractivity contribution in [2.45, 2.75) is 13.0 Å². The highest BCUT2D eigenvalue weighted by Crippen LogP contribution is 2.19. The zero-order valence-corrected chi connectivity index (χ0v) is 10.9. The van der Waals surface area contributed by atoms with Crippen LogP contribution in [-0.2, 0) is 11.3 Å². The summed E-state index contributed by atoms with van der Waals surface area (Å²) in [6.07, 6.45) is -2.45. The van der Waals surface area contributed by atoms with Gasteiger partial charge in [0.25, 0.3) is 6.43 Å². The monoisotopic (exact) mass is 292 g/mol. The van der Waals surface area contributed by atoms with E-state index in [1.54, 1.807) is 16.7 Å². The van der Waals surface area contributed by atoms with Crippen molar-refractivity contribution in [1.29, 1.82) is 0 Å². The summed E-state index contributed by atoms with van der Waals surface area (Å²) < 4.78 is 31.0. The van der Waals surface area contributed by atoms with Crippen LogP contribution in [0.3, 0.4) is 0 Å². The lowest BCUT2D eigenvalue weighted by molar-refractivity contribution is 0.0149. The second-order valence-corrected chi connectivity index (χ2v) is 4.53. The highest BCUT2D eigenvalue weighted by Gasteiger charge is 2.06. The summed E-state index contributed by atoms with van der Waals surface area (Å²) in [5.41, 5.74) is 1.70. The first-order valence-corrected chi connectivity index (χ1v) is 6.10. The Morgan fingerprint density at radius 3 is 2.94 bits per heavy atom. The number of aromatic nitrogens is 2. The molecule has 98 valence electrons. The van der Waals surface area contributed by atoms with Gasteiger partial charge in [-0.05, 0) is 30.4 Å². The van der Waals surface area contributed by atoms with E-state index in [1.165, 1.54) is 0 Å². The van der Waals surface area contributed by atoms with Gasteiger partial charge in [-0.3, -0.25) is 0 Å². The third-order valence-electron chi connectivity index (χ3n) is 2.44. The van der Waals surface area contributed by atoms with Crippen LogP contribution >= 0.6 is 23.8 Å². The van der Waals surface area contributed by atoms with Crippen molar-refractivity contribution in [3.05, 3.63) is 28.0 Å². The molecule has 3 nitrogen and oxygen atoms in total. The zero-order valence-electron chi connectivity index (χ0n) is 9.33. The summed E-state index contributed by atoms with van der Waals surface area (Å²) >= 11 is 11.1. The lowest BCUT2D eigenvalue weighted by Crippen LogP contribution is -2.10. The minimum atomic E-state index is -2.45. The van der Waals surface area contributed by atoms with E-state index in [-0.39, 0.29) is 6.61 Å². The molecule has 0 aliphatic rings. The molecule has 0 saturated heterocycles. The number of nitrogens with zero attached hydrogens (tertiary/aromatic N) is 1. The van der Waals surface area contributed by atoms with Gasteiger partial charge in [0.05, 0.1) is 17.6 Å². The fourth-order valence-corrected chi connectivity index (χ4v) is 2.14. The molecule has 2 rings (SSSR count). The standard InChI is InChI=1S/C11H11ClF2N2OS/c12-7-1-2-8-9(5-7)16(11(18)15-8)3-4-17-6-10(13)14/h1-2,5,10H,3-4,6H2,(H,15,18). The molecule has 0 radical (unpaired) electrons. The second-order valence-electron chi connectivity index (χ2n) is 3.71. The van der Waals surface area contributed by atoms with E-state index in [9.17, 15) is 8.78 Å². The summed E-state index contributed by atoms with van der Waals surface area (Å²) in [7, 11) is 0. The first-order valence-electron chi connectivity index (χ1n) is 5.32. The topological polar surface area (TPSA) is 29.9 Å². The van der Waals surface area contributed by atoms with Gasteiger partial charge < -0.3 is 14.3 Å². The number of fused-ring (bicyclic) bond motifs is 1. The molecule has 2 aromatic rings. The van der Waals surface area contributed by atoms with Crippen LogP contribution in [0.15, 0.2) is 18.2 Å². The van der Waals surface area contributed by atoms with Crippen molar-refractivity contribution in [2.24, 2.45) is 0 Å².